The Balaban J connectivity index is 1.11. The van der Waals surface area contributed by atoms with Gasteiger partial charge < -0.3 is 9.32 Å². The predicted molar refractivity (Wildman–Crippen MR) is 239 cm³/mol. The number of benzene rings is 9. The summed E-state index contributed by atoms with van der Waals surface area (Å²) >= 11 is 0. The maximum absolute atomic E-state index is 6.93. The fourth-order valence-corrected chi connectivity index (χ4v) is 8.01. The van der Waals surface area contributed by atoms with Gasteiger partial charge in [0.25, 0.3) is 0 Å². The Hall–Kier alpha value is -7.89. The molecule has 0 aliphatic carbocycles. The van der Waals surface area contributed by atoms with E-state index in [1.807, 2.05) is 42.5 Å². The molecule has 5 nitrogen and oxygen atoms in total. The van der Waals surface area contributed by atoms with E-state index in [4.69, 9.17) is 19.4 Å². The summed E-state index contributed by atoms with van der Waals surface area (Å²) in [5.74, 6) is 1.84. The second-order valence-electron chi connectivity index (χ2n) is 14.5. The van der Waals surface area contributed by atoms with E-state index in [2.05, 4.69) is 169 Å². The molecule has 0 radical (unpaired) electrons. The van der Waals surface area contributed by atoms with Gasteiger partial charge in [-0.2, -0.15) is 0 Å². The van der Waals surface area contributed by atoms with Gasteiger partial charge in [0, 0.05) is 44.2 Å². The molecular formula is C53H34N4O. The Morgan fingerprint density at radius 2 is 0.845 bits per heavy atom. The molecule has 0 atom stereocenters. The topological polar surface area (TPSA) is 55.1 Å². The van der Waals surface area contributed by atoms with Crippen LogP contribution in [-0.4, -0.2) is 15.0 Å². The molecule has 11 rings (SSSR count). The van der Waals surface area contributed by atoms with E-state index in [0.717, 1.165) is 77.4 Å². The molecule has 9 aromatic carbocycles. The fraction of sp³-hybridized carbons (Fsp3) is 0. The van der Waals surface area contributed by atoms with E-state index in [1.165, 1.54) is 10.9 Å². The first-order valence-corrected chi connectivity index (χ1v) is 19.4. The van der Waals surface area contributed by atoms with Crippen LogP contribution in [0.15, 0.2) is 211 Å². The molecule has 58 heavy (non-hydrogen) atoms. The van der Waals surface area contributed by atoms with Crippen LogP contribution in [0.25, 0.3) is 88.8 Å². The van der Waals surface area contributed by atoms with Gasteiger partial charge in [-0.25, -0.2) is 15.0 Å². The first-order chi connectivity index (χ1) is 28.7. The minimum Gasteiger partial charge on any atom is -0.454 e. The van der Waals surface area contributed by atoms with Crippen LogP contribution in [-0.2, 0) is 0 Å². The zero-order valence-corrected chi connectivity index (χ0v) is 31.3. The number of hydrogen-bond donors (Lipinski definition) is 0. The third-order valence-corrected chi connectivity index (χ3v) is 10.9. The first kappa shape index (κ1) is 33.4. The van der Waals surface area contributed by atoms with Crippen LogP contribution in [0.1, 0.15) is 0 Å². The first-order valence-electron chi connectivity index (χ1n) is 19.4. The molecule has 0 spiro atoms. The second-order valence-corrected chi connectivity index (χ2v) is 14.5. The lowest BCUT2D eigenvalue weighted by Crippen LogP contribution is -2.10. The summed E-state index contributed by atoms with van der Waals surface area (Å²) in [4.78, 5) is 17.5. The zero-order chi connectivity index (χ0) is 38.4. The quantitative estimate of drug-likeness (QED) is 0.163. The molecule has 0 unspecified atom stereocenters. The van der Waals surface area contributed by atoms with Crippen LogP contribution in [0, 0.1) is 0 Å². The van der Waals surface area contributed by atoms with E-state index in [0.29, 0.717) is 17.5 Å². The van der Waals surface area contributed by atoms with Crippen molar-refractivity contribution in [3.63, 3.8) is 0 Å². The van der Waals surface area contributed by atoms with Crippen LogP contribution in [0.5, 0.6) is 0 Å². The van der Waals surface area contributed by atoms with Crippen LogP contribution in [0.4, 0.5) is 17.1 Å². The number of para-hydroxylation sites is 1. The van der Waals surface area contributed by atoms with E-state index in [1.54, 1.807) is 0 Å². The summed E-state index contributed by atoms with van der Waals surface area (Å²) < 4.78 is 6.93. The van der Waals surface area contributed by atoms with Gasteiger partial charge in [-0.3, -0.25) is 0 Å². The van der Waals surface area contributed by atoms with Crippen molar-refractivity contribution in [3.8, 4) is 45.3 Å². The van der Waals surface area contributed by atoms with Gasteiger partial charge in [-0.1, -0.05) is 152 Å². The van der Waals surface area contributed by atoms with Crippen LogP contribution in [0.3, 0.4) is 0 Å². The lowest BCUT2D eigenvalue weighted by Gasteiger charge is -2.27. The molecule has 0 amide bonds. The minimum absolute atomic E-state index is 0.596. The Labute approximate surface area is 335 Å². The van der Waals surface area contributed by atoms with Gasteiger partial charge in [0.2, 0.25) is 0 Å². The van der Waals surface area contributed by atoms with Crippen LogP contribution < -0.4 is 4.90 Å². The number of aromatic nitrogens is 3. The standard InChI is InChI=1S/C53H34N4O/c1-4-14-35(15-5-1)37-26-29-44(30-27-37)57(43-21-8-3-9-22-43)49-45-23-13-12-20-40(45)33-47-46-34-42(28-31-48(46)58-50(47)49)53-55-51(38-17-6-2-7-18-38)54-52(56-53)41-25-24-36-16-10-11-19-39(36)32-41/h1-34H. The summed E-state index contributed by atoms with van der Waals surface area (Å²) in [5, 5.41) is 6.51. The number of anilines is 3. The van der Waals surface area contributed by atoms with Gasteiger partial charge in [-0.05, 0) is 81.9 Å². The second kappa shape index (κ2) is 14.0. The van der Waals surface area contributed by atoms with Crippen molar-refractivity contribution in [2.45, 2.75) is 0 Å². The Bertz CT molecular complexity index is 3270. The smallest absolute Gasteiger partial charge is 0.164 e. The molecule has 2 heterocycles. The van der Waals surface area contributed by atoms with E-state index >= 15 is 0 Å². The van der Waals surface area contributed by atoms with Gasteiger partial charge in [0.15, 0.2) is 23.1 Å². The fourth-order valence-electron chi connectivity index (χ4n) is 8.01. The van der Waals surface area contributed by atoms with Crippen molar-refractivity contribution >= 4 is 60.5 Å². The molecule has 0 aliphatic rings. The van der Waals surface area contributed by atoms with Crippen molar-refractivity contribution < 1.29 is 4.42 Å². The Kier molecular flexibility index (Phi) is 8.07. The molecule has 0 fully saturated rings. The van der Waals surface area contributed by atoms with E-state index in [9.17, 15) is 0 Å². The normalized spacial score (nSPS) is 11.4. The summed E-state index contributed by atoms with van der Waals surface area (Å²) in [7, 11) is 0. The summed E-state index contributed by atoms with van der Waals surface area (Å²) in [6.45, 7) is 0. The molecule has 5 heteroatoms. The number of fused-ring (bicyclic) bond motifs is 5. The number of hydrogen-bond acceptors (Lipinski definition) is 5. The molecular weight excluding hydrogens is 709 g/mol. The minimum atomic E-state index is 0.596. The van der Waals surface area contributed by atoms with Gasteiger partial charge in [0.1, 0.15) is 5.58 Å². The van der Waals surface area contributed by atoms with Crippen molar-refractivity contribution in [2.75, 3.05) is 4.90 Å². The number of nitrogens with zero attached hydrogens (tertiary/aromatic N) is 4. The molecule has 0 N–H and O–H groups in total. The highest BCUT2D eigenvalue weighted by molar-refractivity contribution is 6.19. The largest absolute Gasteiger partial charge is 0.454 e. The maximum Gasteiger partial charge on any atom is 0.164 e. The Morgan fingerprint density at radius 3 is 1.57 bits per heavy atom. The third kappa shape index (κ3) is 5.94. The predicted octanol–water partition coefficient (Wildman–Crippen LogP) is 14.2. The molecule has 0 saturated heterocycles. The van der Waals surface area contributed by atoms with Crippen LogP contribution >= 0.6 is 0 Å². The van der Waals surface area contributed by atoms with Crippen molar-refractivity contribution in [1.29, 1.82) is 0 Å². The lowest BCUT2D eigenvalue weighted by atomic mass is 10.0. The molecule has 11 aromatic rings. The van der Waals surface area contributed by atoms with Gasteiger partial charge >= 0.3 is 0 Å². The lowest BCUT2D eigenvalue weighted by molar-refractivity contribution is 0.669. The monoisotopic (exact) mass is 742 g/mol. The van der Waals surface area contributed by atoms with Gasteiger partial charge in [-0.15, -0.1) is 0 Å². The zero-order valence-electron chi connectivity index (χ0n) is 31.3. The average Bonchev–Trinajstić information content (AvgIpc) is 3.67. The molecule has 0 saturated carbocycles. The SMILES string of the molecule is c1ccc(-c2ccc(N(c3ccccc3)c3c4ccccc4cc4c3oc3ccc(-c5nc(-c6ccccc6)nc(-c6ccc7ccccc7c6)n5)cc34)cc2)cc1. The average molecular weight is 743 g/mol. The molecule has 0 aliphatic heterocycles. The summed E-state index contributed by atoms with van der Waals surface area (Å²) in [5.41, 5.74) is 9.72. The molecule has 2 aromatic heterocycles. The highest BCUT2D eigenvalue weighted by atomic mass is 16.3. The maximum atomic E-state index is 6.93. The Morgan fingerprint density at radius 1 is 0.328 bits per heavy atom. The third-order valence-electron chi connectivity index (χ3n) is 10.9. The number of furan rings is 1. The van der Waals surface area contributed by atoms with Crippen molar-refractivity contribution in [3.05, 3.63) is 206 Å². The van der Waals surface area contributed by atoms with Crippen LogP contribution in [0.2, 0.25) is 0 Å². The molecule has 272 valence electrons. The highest BCUT2D eigenvalue weighted by Crippen LogP contribution is 2.47. The summed E-state index contributed by atoms with van der Waals surface area (Å²) in [6, 6.07) is 71.6. The molecule has 0 bridgehead atoms. The van der Waals surface area contributed by atoms with Crippen molar-refractivity contribution in [1.82, 2.24) is 15.0 Å². The highest BCUT2D eigenvalue weighted by Gasteiger charge is 2.23. The van der Waals surface area contributed by atoms with E-state index in [-0.39, 0.29) is 0 Å². The van der Waals surface area contributed by atoms with Crippen molar-refractivity contribution in [2.24, 2.45) is 0 Å². The van der Waals surface area contributed by atoms with Gasteiger partial charge in [0.05, 0.1) is 5.69 Å². The van der Waals surface area contributed by atoms with E-state index < -0.39 is 0 Å². The number of rotatable bonds is 7. The summed E-state index contributed by atoms with van der Waals surface area (Å²) in [6.07, 6.45) is 0.